The van der Waals surface area contributed by atoms with Crippen LogP contribution in [0.1, 0.15) is 46.1 Å². The summed E-state index contributed by atoms with van der Waals surface area (Å²) < 4.78 is 11.4. The molecule has 29 heavy (non-hydrogen) atoms. The maximum Gasteiger partial charge on any atom is 0.258 e. The number of hydrogen-bond acceptors (Lipinski definition) is 5. The Balaban J connectivity index is 0.00000392. The molecule has 0 aromatic heterocycles. The van der Waals surface area contributed by atoms with Crippen molar-refractivity contribution in [3.8, 4) is 11.5 Å². The van der Waals surface area contributed by atoms with Crippen LogP contribution < -0.4 is 50.2 Å². The molecule has 1 fully saturated rings. The zero-order valence-electron chi connectivity index (χ0n) is 17.9. The third-order valence-electron chi connectivity index (χ3n) is 4.40. The number of halogens is 2. The van der Waals surface area contributed by atoms with Crippen LogP contribution in [-0.2, 0) is 11.3 Å². The van der Waals surface area contributed by atoms with Gasteiger partial charge in [-0.15, -0.1) is 0 Å². The normalized spacial score (nSPS) is 14.3. The summed E-state index contributed by atoms with van der Waals surface area (Å²) in [7, 11) is 0. The van der Waals surface area contributed by atoms with Crippen LogP contribution in [0, 0.1) is 5.92 Å². The van der Waals surface area contributed by atoms with E-state index < -0.39 is 0 Å². The number of piperidine rings is 1. The summed E-state index contributed by atoms with van der Waals surface area (Å²) >= 11 is 0. The maximum absolute atomic E-state index is 12.0. The van der Waals surface area contributed by atoms with E-state index in [1.165, 1.54) is 12.8 Å². The lowest BCUT2D eigenvalue weighted by Gasteiger charge is -2.23. The second kappa shape index (κ2) is 13.9. The van der Waals surface area contributed by atoms with E-state index >= 15 is 0 Å². The Bertz CT molecular complexity index is 603. The Hall–Kier alpha value is -1.21. The molecule has 1 aromatic rings. The molecular weight excluding hydrogens is 413 g/mol. The van der Waals surface area contributed by atoms with Gasteiger partial charge in [0.1, 0.15) is 0 Å². The fraction of sp³-hybridized carbons (Fsp3) is 0.667. The van der Waals surface area contributed by atoms with Crippen molar-refractivity contribution in [2.45, 2.75) is 52.6 Å². The zero-order chi connectivity index (χ0) is 19.7. The lowest BCUT2D eigenvalue weighted by molar-refractivity contribution is -0.124. The predicted molar refractivity (Wildman–Crippen MR) is 108 cm³/mol. The molecule has 0 saturated carbocycles. The number of nitrogens with one attached hydrogen (secondary N) is 3. The number of carbonyl (C=O) groups is 1. The van der Waals surface area contributed by atoms with Gasteiger partial charge in [-0.1, -0.05) is 6.07 Å². The third kappa shape index (κ3) is 10.9. The molecule has 0 unspecified atom stereocenters. The maximum atomic E-state index is 12.0. The van der Waals surface area contributed by atoms with Crippen molar-refractivity contribution in [2.24, 2.45) is 5.92 Å². The Kier molecular flexibility index (Phi) is 13.3. The number of amides is 1. The van der Waals surface area contributed by atoms with Gasteiger partial charge in [0.25, 0.3) is 5.91 Å². The molecule has 0 aliphatic carbocycles. The van der Waals surface area contributed by atoms with Crippen molar-refractivity contribution < 1.29 is 39.1 Å². The predicted octanol–water partition coefficient (Wildman–Crippen LogP) is -3.52. The third-order valence-corrected chi connectivity index (χ3v) is 4.40. The molecule has 1 saturated heterocycles. The van der Waals surface area contributed by atoms with Crippen molar-refractivity contribution in [3.63, 3.8) is 0 Å². The Morgan fingerprint density at radius 1 is 1.14 bits per heavy atom. The Labute approximate surface area is 187 Å². The highest BCUT2D eigenvalue weighted by Crippen LogP contribution is 2.28. The van der Waals surface area contributed by atoms with Gasteiger partial charge in [-0.05, 0) is 83.8 Å². The molecular formula is C21H35Cl2N3O3-2. The smallest absolute Gasteiger partial charge is 0.258 e. The first-order valence-corrected chi connectivity index (χ1v) is 9.98. The van der Waals surface area contributed by atoms with Gasteiger partial charge in [0.05, 0.1) is 6.61 Å². The van der Waals surface area contributed by atoms with E-state index in [0.717, 1.165) is 37.7 Å². The summed E-state index contributed by atoms with van der Waals surface area (Å²) in [6.07, 6.45) is 2.47. The summed E-state index contributed by atoms with van der Waals surface area (Å²) in [5, 5.41) is 9.84. The summed E-state index contributed by atoms with van der Waals surface area (Å²) in [6, 6.07) is 5.90. The number of hydrogen-bond donors (Lipinski definition) is 3. The van der Waals surface area contributed by atoms with E-state index in [2.05, 4.69) is 16.0 Å². The summed E-state index contributed by atoms with van der Waals surface area (Å²) in [5.74, 6) is 1.89. The van der Waals surface area contributed by atoms with Gasteiger partial charge < -0.3 is 50.2 Å². The SMILES string of the molecule is CCOc1cc(CNCC2CCNCC2)ccc1OCC(=O)NC(C)(C)C.[Cl-].[Cl-]. The molecule has 0 spiro atoms. The molecule has 0 bridgehead atoms. The van der Waals surface area contributed by atoms with E-state index in [4.69, 9.17) is 9.47 Å². The van der Waals surface area contributed by atoms with Crippen LogP contribution >= 0.6 is 0 Å². The molecule has 1 amide bonds. The van der Waals surface area contributed by atoms with Crippen LogP contribution in [0.2, 0.25) is 0 Å². The second-order valence-corrected chi connectivity index (χ2v) is 8.13. The minimum absolute atomic E-state index is 0. The van der Waals surface area contributed by atoms with Gasteiger partial charge in [0, 0.05) is 12.1 Å². The highest BCUT2D eigenvalue weighted by molar-refractivity contribution is 5.78. The van der Waals surface area contributed by atoms with Crippen molar-refractivity contribution in [1.82, 2.24) is 16.0 Å². The van der Waals surface area contributed by atoms with Crippen LogP contribution in [0.15, 0.2) is 18.2 Å². The minimum Gasteiger partial charge on any atom is -1.00 e. The molecule has 2 rings (SSSR count). The van der Waals surface area contributed by atoms with Crippen LogP contribution in [0.4, 0.5) is 0 Å². The van der Waals surface area contributed by atoms with Gasteiger partial charge in [0.2, 0.25) is 0 Å². The molecule has 1 aromatic carbocycles. The van der Waals surface area contributed by atoms with Crippen LogP contribution in [0.25, 0.3) is 0 Å². The summed E-state index contributed by atoms with van der Waals surface area (Å²) in [5.41, 5.74) is 0.881. The molecule has 0 atom stereocenters. The molecule has 1 aliphatic rings. The summed E-state index contributed by atoms with van der Waals surface area (Å²) in [6.45, 7) is 12.4. The van der Waals surface area contributed by atoms with Crippen LogP contribution in [0.3, 0.4) is 0 Å². The van der Waals surface area contributed by atoms with Crippen molar-refractivity contribution in [2.75, 3.05) is 32.8 Å². The molecule has 168 valence electrons. The first-order valence-electron chi connectivity index (χ1n) is 9.98. The molecule has 1 heterocycles. The van der Waals surface area contributed by atoms with Gasteiger partial charge in [-0.25, -0.2) is 0 Å². The average Bonchev–Trinajstić information content (AvgIpc) is 2.61. The van der Waals surface area contributed by atoms with Crippen molar-refractivity contribution in [3.05, 3.63) is 23.8 Å². The Morgan fingerprint density at radius 2 is 1.83 bits per heavy atom. The van der Waals surface area contributed by atoms with Crippen LogP contribution in [-0.4, -0.2) is 44.3 Å². The van der Waals surface area contributed by atoms with E-state index in [9.17, 15) is 4.79 Å². The zero-order valence-corrected chi connectivity index (χ0v) is 19.5. The van der Waals surface area contributed by atoms with E-state index in [1.54, 1.807) is 0 Å². The lowest BCUT2D eigenvalue weighted by atomic mass is 9.98. The fourth-order valence-corrected chi connectivity index (χ4v) is 3.15. The quantitative estimate of drug-likeness (QED) is 0.366. The summed E-state index contributed by atoms with van der Waals surface area (Å²) in [4.78, 5) is 12.0. The van der Waals surface area contributed by atoms with Gasteiger partial charge in [-0.3, -0.25) is 4.79 Å². The number of carbonyl (C=O) groups excluding carboxylic acids is 1. The number of ether oxygens (including phenoxy) is 2. The second-order valence-electron chi connectivity index (χ2n) is 8.13. The minimum atomic E-state index is -0.271. The highest BCUT2D eigenvalue weighted by atomic mass is 35.5. The van der Waals surface area contributed by atoms with Gasteiger partial charge in [0.15, 0.2) is 18.1 Å². The van der Waals surface area contributed by atoms with E-state index in [1.807, 2.05) is 45.9 Å². The molecule has 0 radical (unpaired) electrons. The average molecular weight is 448 g/mol. The topological polar surface area (TPSA) is 71.6 Å². The largest absolute Gasteiger partial charge is 1.00 e. The fourth-order valence-electron chi connectivity index (χ4n) is 3.15. The molecule has 8 heteroatoms. The van der Waals surface area contributed by atoms with Gasteiger partial charge >= 0.3 is 0 Å². The molecule has 1 aliphatic heterocycles. The van der Waals surface area contributed by atoms with Crippen molar-refractivity contribution in [1.29, 1.82) is 0 Å². The Morgan fingerprint density at radius 3 is 2.45 bits per heavy atom. The first kappa shape index (κ1) is 27.8. The molecule has 6 nitrogen and oxygen atoms in total. The van der Waals surface area contributed by atoms with E-state index in [-0.39, 0.29) is 42.9 Å². The lowest BCUT2D eigenvalue weighted by Crippen LogP contribution is -3.00. The first-order chi connectivity index (χ1) is 12.9. The molecule has 3 N–H and O–H groups in total. The highest BCUT2D eigenvalue weighted by Gasteiger charge is 2.16. The number of benzene rings is 1. The van der Waals surface area contributed by atoms with Crippen LogP contribution in [0.5, 0.6) is 11.5 Å². The van der Waals surface area contributed by atoms with E-state index in [0.29, 0.717) is 18.1 Å². The van der Waals surface area contributed by atoms with Gasteiger partial charge in [-0.2, -0.15) is 0 Å². The van der Waals surface area contributed by atoms with Crippen molar-refractivity contribution >= 4 is 5.91 Å². The standard InChI is InChI=1S/C21H35N3O3.2ClH/c1-5-26-19-12-17(14-23-13-16-8-10-22-11-9-16)6-7-18(19)27-15-20(25)24-21(2,3)4;;/h6-7,12,16,22-23H,5,8-11,13-15H2,1-4H3,(H,24,25);2*1H/p-2. The monoisotopic (exact) mass is 447 g/mol. The number of rotatable bonds is 9.